The Morgan fingerprint density at radius 3 is 2.64 bits per heavy atom. The van der Waals surface area contributed by atoms with E-state index in [0.29, 0.717) is 0 Å². The Morgan fingerprint density at radius 1 is 1.36 bits per heavy atom. The van der Waals surface area contributed by atoms with Gasteiger partial charge in [-0.2, -0.15) is 0 Å². The van der Waals surface area contributed by atoms with Gasteiger partial charge in [-0.1, -0.05) is 13.3 Å². The summed E-state index contributed by atoms with van der Waals surface area (Å²) in [5.41, 5.74) is 5.68. The minimum absolute atomic E-state index is 0.783. The van der Waals surface area contributed by atoms with Crippen LogP contribution in [0.3, 0.4) is 0 Å². The Labute approximate surface area is 69.4 Å². The molecule has 0 aromatic heterocycles. The lowest BCUT2D eigenvalue weighted by Crippen LogP contribution is -2.24. The van der Waals surface area contributed by atoms with Crippen molar-refractivity contribution in [2.75, 3.05) is 6.54 Å². The molecule has 2 saturated carbocycles. The molecule has 2 N–H and O–H groups in total. The smallest absolute Gasteiger partial charge is 0.00488 e. The predicted octanol–water partition coefficient (Wildman–Crippen LogP) is 2.02. The van der Waals surface area contributed by atoms with Gasteiger partial charge in [0.25, 0.3) is 0 Å². The molecule has 0 aromatic carbocycles. The minimum Gasteiger partial charge on any atom is -0.330 e. The summed E-state index contributed by atoms with van der Waals surface area (Å²) in [6.07, 6.45) is 6.02. The second-order valence-corrected chi connectivity index (χ2v) is 4.55. The number of fused-ring (bicyclic) bond motifs is 2. The molecule has 2 aliphatic rings. The maximum absolute atomic E-state index is 5.68. The van der Waals surface area contributed by atoms with Crippen LogP contribution in [0.2, 0.25) is 0 Å². The fraction of sp³-hybridized carbons (Fsp3) is 1.00. The fourth-order valence-electron chi connectivity index (χ4n) is 3.17. The average molecular weight is 153 g/mol. The topological polar surface area (TPSA) is 26.0 Å². The van der Waals surface area contributed by atoms with Gasteiger partial charge in [0.05, 0.1) is 0 Å². The van der Waals surface area contributed by atoms with Crippen molar-refractivity contribution in [2.45, 2.75) is 32.6 Å². The van der Waals surface area contributed by atoms with Crippen molar-refractivity contribution in [3.63, 3.8) is 0 Å². The molecule has 0 aromatic rings. The molecule has 0 radical (unpaired) electrons. The van der Waals surface area contributed by atoms with Crippen molar-refractivity contribution in [3.8, 4) is 0 Å². The van der Waals surface area contributed by atoms with Crippen molar-refractivity contribution < 1.29 is 0 Å². The normalized spacial score (nSPS) is 44.7. The van der Waals surface area contributed by atoms with Crippen LogP contribution in [0.4, 0.5) is 0 Å². The molecule has 0 aliphatic heterocycles. The third-order valence-corrected chi connectivity index (χ3v) is 3.90. The van der Waals surface area contributed by atoms with Gasteiger partial charge in [0.1, 0.15) is 0 Å². The molecule has 3 unspecified atom stereocenters. The summed E-state index contributed by atoms with van der Waals surface area (Å²) in [4.78, 5) is 0. The molecule has 4 atom stereocenters. The Morgan fingerprint density at radius 2 is 2.18 bits per heavy atom. The second kappa shape index (κ2) is 2.78. The van der Waals surface area contributed by atoms with Gasteiger partial charge >= 0.3 is 0 Å². The molecule has 1 heteroatoms. The lowest BCUT2D eigenvalue weighted by Gasteiger charge is -2.26. The summed E-state index contributed by atoms with van der Waals surface area (Å²) in [5.74, 6) is 3.90. The van der Waals surface area contributed by atoms with E-state index in [2.05, 4.69) is 6.92 Å². The summed E-state index contributed by atoms with van der Waals surface area (Å²) in [6, 6.07) is 0. The first-order valence-electron chi connectivity index (χ1n) is 5.01. The molecule has 11 heavy (non-hydrogen) atoms. The summed E-state index contributed by atoms with van der Waals surface area (Å²) in [5, 5.41) is 0. The zero-order chi connectivity index (χ0) is 7.84. The zero-order valence-electron chi connectivity index (χ0n) is 7.42. The van der Waals surface area contributed by atoms with Crippen LogP contribution in [0.15, 0.2) is 0 Å². The van der Waals surface area contributed by atoms with Crippen molar-refractivity contribution in [3.05, 3.63) is 0 Å². The summed E-state index contributed by atoms with van der Waals surface area (Å²) in [7, 11) is 0. The number of rotatable bonds is 2. The van der Waals surface area contributed by atoms with Crippen molar-refractivity contribution in [1.82, 2.24) is 0 Å². The molecule has 2 rings (SSSR count). The standard InChI is InChI=1S/C10H19N/c1-7(6-11)10-5-8-2-3-9(10)4-8/h7-10H,2-6,11H2,1H3/t7-,8?,9?,10?/m1/s1. The Hall–Kier alpha value is -0.0400. The van der Waals surface area contributed by atoms with Crippen molar-refractivity contribution in [2.24, 2.45) is 29.4 Å². The predicted molar refractivity (Wildman–Crippen MR) is 47.2 cm³/mol. The van der Waals surface area contributed by atoms with Crippen molar-refractivity contribution in [1.29, 1.82) is 0 Å². The van der Waals surface area contributed by atoms with E-state index in [1.165, 1.54) is 25.7 Å². The Kier molecular flexibility index (Phi) is 1.92. The van der Waals surface area contributed by atoms with E-state index in [1.54, 1.807) is 0 Å². The van der Waals surface area contributed by atoms with E-state index in [4.69, 9.17) is 5.73 Å². The van der Waals surface area contributed by atoms with Crippen molar-refractivity contribution >= 4 is 0 Å². The molecular formula is C10H19N. The van der Waals surface area contributed by atoms with E-state index in [1.807, 2.05) is 0 Å². The molecule has 64 valence electrons. The lowest BCUT2D eigenvalue weighted by atomic mass is 9.80. The maximum Gasteiger partial charge on any atom is -0.00488 e. The number of nitrogens with two attached hydrogens (primary N) is 1. The highest BCUT2D eigenvalue weighted by Crippen LogP contribution is 2.50. The Balaban J connectivity index is 1.96. The van der Waals surface area contributed by atoms with E-state index in [-0.39, 0.29) is 0 Å². The molecule has 2 fully saturated rings. The quantitative estimate of drug-likeness (QED) is 0.645. The largest absolute Gasteiger partial charge is 0.330 e. The molecule has 0 spiro atoms. The number of hydrogen-bond donors (Lipinski definition) is 1. The first kappa shape index (κ1) is 7.60. The first-order valence-corrected chi connectivity index (χ1v) is 5.01. The van der Waals surface area contributed by atoms with Gasteiger partial charge in [0.2, 0.25) is 0 Å². The lowest BCUT2D eigenvalue weighted by molar-refractivity contribution is 0.246. The first-order chi connectivity index (χ1) is 5.31. The van der Waals surface area contributed by atoms with Crippen LogP contribution in [0.1, 0.15) is 32.6 Å². The van der Waals surface area contributed by atoms with Gasteiger partial charge in [-0.05, 0) is 49.5 Å². The van der Waals surface area contributed by atoms with E-state index >= 15 is 0 Å². The van der Waals surface area contributed by atoms with Crippen LogP contribution < -0.4 is 5.73 Å². The van der Waals surface area contributed by atoms with E-state index < -0.39 is 0 Å². The van der Waals surface area contributed by atoms with E-state index in [0.717, 1.165) is 30.2 Å². The van der Waals surface area contributed by atoms with Gasteiger partial charge < -0.3 is 5.73 Å². The fourth-order valence-corrected chi connectivity index (χ4v) is 3.17. The van der Waals surface area contributed by atoms with Crippen LogP contribution in [0, 0.1) is 23.7 Å². The van der Waals surface area contributed by atoms with Gasteiger partial charge in [-0.25, -0.2) is 0 Å². The summed E-state index contributed by atoms with van der Waals surface area (Å²) in [6.45, 7) is 3.22. The molecular weight excluding hydrogens is 134 g/mol. The zero-order valence-corrected chi connectivity index (χ0v) is 7.42. The van der Waals surface area contributed by atoms with Crippen LogP contribution in [-0.4, -0.2) is 6.54 Å². The average Bonchev–Trinajstić information content (AvgIpc) is 2.62. The van der Waals surface area contributed by atoms with Gasteiger partial charge in [0.15, 0.2) is 0 Å². The van der Waals surface area contributed by atoms with Gasteiger partial charge in [-0.15, -0.1) is 0 Å². The van der Waals surface area contributed by atoms with E-state index in [9.17, 15) is 0 Å². The third-order valence-electron chi connectivity index (χ3n) is 3.90. The van der Waals surface area contributed by atoms with Gasteiger partial charge in [0, 0.05) is 0 Å². The van der Waals surface area contributed by atoms with Gasteiger partial charge in [-0.3, -0.25) is 0 Å². The SMILES string of the molecule is C[C@H](CN)C1CC2CCC1C2. The second-order valence-electron chi connectivity index (χ2n) is 4.55. The minimum atomic E-state index is 0.783. The van der Waals surface area contributed by atoms with Crippen LogP contribution in [0.25, 0.3) is 0 Å². The van der Waals surface area contributed by atoms with Crippen LogP contribution >= 0.6 is 0 Å². The molecule has 0 amide bonds. The summed E-state index contributed by atoms with van der Waals surface area (Å²) >= 11 is 0. The van der Waals surface area contributed by atoms with Crippen LogP contribution in [-0.2, 0) is 0 Å². The highest BCUT2D eigenvalue weighted by atomic mass is 14.6. The Bertz CT molecular complexity index is 144. The molecule has 0 heterocycles. The van der Waals surface area contributed by atoms with Crippen LogP contribution in [0.5, 0.6) is 0 Å². The molecule has 2 bridgehead atoms. The molecule has 0 saturated heterocycles. The highest BCUT2D eigenvalue weighted by molar-refractivity contribution is 4.91. The number of hydrogen-bond acceptors (Lipinski definition) is 1. The molecule has 2 aliphatic carbocycles. The summed E-state index contributed by atoms with van der Waals surface area (Å²) < 4.78 is 0. The monoisotopic (exact) mass is 153 g/mol. The molecule has 1 nitrogen and oxygen atoms in total. The highest BCUT2D eigenvalue weighted by Gasteiger charge is 2.41. The third kappa shape index (κ3) is 1.20. The maximum atomic E-state index is 5.68.